The molecule has 2 aromatic carbocycles. The molecule has 0 heterocycles. The molecule has 4 N–H and O–H groups in total. The molecular weight excluding hydrogens is 424 g/mol. The molecule has 1 spiro atoms. The minimum atomic E-state index is -0.442. The molecule has 0 bridgehead atoms. The van der Waals surface area contributed by atoms with Crippen molar-refractivity contribution in [3.05, 3.63) is 46.5 Å². The minimum Gasteiger partial charge on any atom is -0.504 e. The van der Waals surface area contributed by atoms with Gasteiger partial charge < -0.3 is 20.4 Å². The van der Waals surface area contributed by atoms with Crippen molar-refractivity contribution in [3.8, 4) is 23.0 Å². The van der Waals surface area contributed by atoms with Crippen molar-refractivity contribution in [3.63, 3.8) is 0 Å². The van der Waals surface area contributed by atoms with Gasteiger partial charge in [0.05, 0.1) is 0 Å². The van der Waals surface area contributed by atoms with Crippen LogP contribution in [0.2, 0.25) is 0 Å². The van der Waals surface area contributed by atoms with Crippen LogP contribution in [0.25, 0.3) is 0 Å². The molecule has 2 aliphatic rings. The SMILES string of the molecule is CC(C)CC1(C)CC2(c3cc(O)c(O)cc31)c1cc(O)c(O)cc1C(C)(CC(C)C)C2C(C)C. The number of aromatic hydroxyl groups is 4. The van der Waals surface area contributed by atoms with Crippen LogP contribution in [0.4, 0.5) is 0 Å². The van der Waals surface area contributed by atoms with Crippen molar-refractivity contribution in [2.24, 2.45) is 23.7 Å². The Hall–Kier alpha value is -2.36. The van der Waals surface area contributed by atoms with Gasteiger partial charge in [0.2, 0.25) is 0 Å². The predicted molar refractivity (Wildman–Crippen MR) is 137 cm³/mol. The quantitative estimate of drug-likeness (QED) is 0.355. The van der Waals surface area contributed by atoms with Crippen LogP contribution in [-0.4, -0.2) is 20.4 Å². The van der Waals surface area contributed by atoms with Gasteiger partial charge in [-0.05, 0) is 100 Å². The highest BCUT2D eigenvalue weighted by Gasteiger charge is 2.65. The van der Waals surface area contributed by atoms with Gasteiger partial charge >= 0.3 is 0 Å². The number of rotatable bonds is 5. The van der Waals surface area contributed by atoms with E-state index < -0.39 is 5.41 Å². The van der Waals surface area contributed by atoms with E-state index in [0.29, 0.717) is 17.8 Å². The summed E-state index contributed by atoms with van der Waals surface area (Å²) in [7, 11) is 0. The average molecular weight is 467 g/mol. The molecule has 0 saturated carbocycles. The largest absolute Gasteiger partial charge is 0.504 e. The van der Waals surface area contributed by atoms with Gasteiger partial charge in [-0.3, -0.25) is 0 Å². The summed E-state index contributed by atoms with van der Waals surface area (Å²) < 4.78 is 0. The molecule has 4 atom stereocenters. The summed E-state index contributed by atoms with van der Waals surface area (Å²) in [5, 5.41) is 42.5. The van der Waals surface area contributed by atoms with Gasteiger partial charge in [0.25, 0.3) is 0 Å². The molecule has 2 aromatic rings. The Morgan fingerprint density at radius 3 is 1.53 bits per heavy atom. The summed E-state index contributed by atoms with van der Waals surface area (Å²) in [6.45, 7) is 18.1. The molecule has 4 nitrogen and oxygen atoms in total. The third-order valence-corrected chi connectivity index (χ3v) is 8.70. The number of benzene rings is 2. The molecule has 2 aliphatic carbocycles. The first-order valence-corrected chi connectivity index (χ1v) is 12.8. The van der Waals surface area contributed by atoms with Crippen molar-refractivity contribution >= 4 is 0 Å². The molecule has 0 aliphatic heterocycles. The molecule has 0 radical (unpaired) electrons. The second-order valence-electron chi connectivity index (χ2n) is 12.8. The van der Waals surface area contributed by atoms with Crippen LogP contribution in [0, 0.1) is 23.7 Å². The molecule has 4 heteroatoms. The highest BCUT2D eigenvalue weighted by molar-refractivity contribution is 5.66. The molecule has 4 unspecified atom stereocenters. The summed E-state index contributed by atoms with van der Waals surface area (Å²) in [5.74, 6) is 1.04. The van der Waals surface area contributed by atoms with E-state index in [2.05, 4.69) is 55.4 Å². The van der Waals surface area contributed by atoms with Crippen LogP contribution in [0.3, 0.4) is 0 Å². The monoisotopic (exact) mass is 466 g/mol. The van der Waals surface area contributed by atoms with Gasteiger partial charge in [-0.2, -0.15) is 0 Å². The van der Waals surface area contributed by atoms with Gasteiger partial charge in [0.15, 0.2) is 23.0 Å². The van der Waals surface area contributed by atoms with E-state index in [1.54, 1.807) is 24.3 Å². The van der Waals surface area contributed by atoms with E-state index in [1.165, 1.54) is 0 Å². The molecule has 186 valence electrons. The van der Waals surface area contributed by atoms with Gasteiger partial charge in [0, 0.05) is 5.41 Å². The third kappa shape index (κ3) is 3.31. The van der Waals surface area contributed by atoms with Crippen LogP contribution >= 0.6 is 0 Å². The lowest BCUT2D eigenvalue weighted by Crippen LogP contribution is -2.44. The summed E-state index contributed by atoms with van der Waals surface area (Å²) in [6.07, 6.45) is 2.75. The average Bonchev–Trinajstić information content (AvgIpc) is 3.02. The number of fused-ring (bicyclic) bond motifs is 4. The molecule has 34 heavy (non-hydrogen) atoms. The van der Waals surface area contributed by atoms with Crippen LogP contribution in [-0.2, 0) is 16.2 Å². The fraction of sp³-hybridized carbons (Fsp3) is 0.600. The smallest absolute Gasteiger partial charge is 0.157 e. The van der Waals surface area contributed by atoms with E-state index in [9.17, 15) is 20.4 Å². The first-order valence-electron chi connectivity index (χ1n) is 12.8. The zero-order chi connectivity index (χ0) is 25.4. The Balaban J connectivity index is 2.14. The Bertz CT molecular complexity index is 1100. The number of hydrogen-bond acceptors (Lipinski definition) is 4. The first kappa shape index (κ1) is 24.8. The minimum absolute atomic E-state index is 0.0787. The summed E-state index contributed by atoms with van der Waals surface area (Å²) >= 11 is 0. The molecule has 0 fully saturated rings. The molecule has 0 amide bonds. The highest BCUT2D eigenvalue weighted by atomic mass is 16.3. The second-order valence-corrected chi connectivity index (χ2v) is 12.8. The summed E-state index contributed by atoms with van der Waals surface area (Å²) in [4.78, 5) is 0. The van der Waals surface area contributed by atoms with Crippen molar-refractivity contribution in [2.45, 2.75) is 90.9 Å². The zero-order valence-electron chi connectivity index (χ0n) is 22.0. The van der Waals surface area contributed by atoms with Crippen LogP contribution < -0.4 is 0 Å². The molecule has 4 rings (SSSR count). The van der Waals surface area contributed by atoms with E-state index in [-0.39, 0.29) is 39.7 Å². The Morgan fingerprint density at radius 1 is 0.676 bits per heavy atom. The second kappa shape index (κ2) is 7.83. The maximum absolute atomic E-state index is 10.7. The third-order valence-electron chi connectivity index (χ3n) is 8.70. The van der Waals surface area contributed by atoms with Crippen LogP contribution in [0.5, 0.6) is 23.0 Å². The van der Waals surface area contributed by atoms with E-state index in [0.717, 1.165) is 41.5 Å². The topological polar surface area (TPSA) is 80.9 Å². The van der Waals surface area contributed by atoms with Crippen molar-refractivity contribution in [1.82, 2.24) is 0 Å². The molecular formula is C30H42O4. The highest BCUT2D eigenvalue weighted by Crippen LogP contribution is 2.70. The van der Waals surface area contributed by atoms with Crippen LogP contribution in [0.15, 0.2) is 24.3 Å². The number of hydrogen-bond donors (Lipinski definition) is 4. The van der Waals surface area contributed by atoms with E-state index in [1.807, 2.05) is 0 Å². The standard InChI is InChI=1S/C30H42O4/c1-16(2)13-28(7)15-30(21-11-25(33)23(31)9-19(21)28)22-12-26(34)24(32)10-20(22)29(8,14-17(3)4)27(30)18(5)6/h9-12,16-18,27,31-34H,13-15H2,1-8H3. The maximum atomic E-state index is 10.7. The maximum Gasteiger partial charge on any atom is 0.157 e. The summed E-state index contributed by atoms with van der Waals surface area (Å²) in [5.41, 5.74) is 3.44. The lowest BCUT2D eigenvalue weighted by atomic mass is 9.57. The van der Waals surface area contributed by atoms with Crippen LogP contribution in [0.1, 0.15) is 96.9 Å². The summed E-state index contributed by atoms with van der Waals surface area (Å²) in [6, 6.07) is 7.12. The van der Waals surface area contributed by atoms with Crippen molar-refractivity contribution in [1.29, 1.82) is 0 Å². The van der Waals surface area contributed by atoms with Crippen molar-refractivity contribution < 1.29 is 20.4 Å². The Kier molecular flexibility index (Phi) is 5.70. The fourth-order valence-electron chi connectivity index (χ4n) is 8.54. The van der Waals surface area contributed by atoms with Gasteiger partial charge in [0.1, 0.15) is 0 Å². The first-order chi connectivity index (χ1) is 15.7. The normalized spacial score (nSPS) is 30.0. The van der Waals surface area contributed by atoms with Crippen molar-refractivity contribution in [2.75, 3.05) is 0 Å². The Morgan fingerprint density at radius 2 is 1.09 bits per heavy atom. The lowest BCUT2D eigenvalue weighted by Gasteiger charge is -2.45. The number of phenols is 4. The fourth-order valence-corrected chi connectivity index (χ4v) is 8.54. The zero-order valence-corrected chi connectivity index (χ0v) is 22.0. The van der Waals surface area contributed by atoms with Gasteiger partial charge in [-0.25, -0.2) is 0 Å². The molecule has 0 aromatic heterocycles. The number of phenolic OH excluding ortho intramolecular Hbond substituents is 4. The van der Waals surface area contributed by atoms with E-state index in [4.69, 9.17) is 0 Å². The predicted octanol–water partition coefficient (Wildman–Crippen LogP) is 7.09. The van der Waals surface area contributed by atoms with Gasteiger partial charge in [-0.1, -0.05) is 55.4 Å². The Labute approximate surface area is 204 Å². The lowest BCUT2D eigenvalue weighted by molar-refractivity contribution is 0.127. The van der Waals surface area contributed by atoms with Gasteiger partial charge in [-0.15, -0.1) is 0 Å². The molecule has 0 saturated heterocycles. The van der Waals surface area contributed by atoms with E-state index >= 15 is 0 Å².